The lowest BCUT2D eigenvalue weighted by atomic mass is 9.85. The van der Waals surface area contributed by atoms with Crippen LogP contribution in [0.25, 0.3) is 11.2 Å². The van der Waals surface area contributed by atoms with E-state index in [1.165, 1.54) is 25.6 Å². The summed E-state index contributed by atoms with van der Waals surface area (Å²) >= 11 is 0. The molecule has 0 unspecified atom stereocenters. The Kier molecular flexibility index (Phi) is 2.54. The normalized spacial score (nSPS) is 15.4. The van der Waals surface area contributed by atoms with Gasteiger partial charge in [0, 0.05) is 6.54 Å². The van der Waals surface area contributed by atoms with E-state index in [1.54, 1.807) is 0 Å². The summed E-state index contributed by atoms with van der Waals surface area (Å²) in [6.07, 6.45) is 7.25. The number of hydrogen-bond donors (Lipinski definition) is 2. The summed E-state index contributed by atoms with van der Waals surface area (Å²) < 4.78 is 2.09. The molecule has 0 amide bonds. The van der Waals surface area contributed by atoms with Gasteiger partial charge < -0.3 is 9.88 Å². The van der Waals surface area contributed by atoms with E-state index in [2.05, 4.69) is 45.5 Å². The molecule has 1 aliphatic rings. The number of fused-ring (bicyclic) bond motifs is 1. The molecule has 3 aromatic rings. The maximum absolute atomic E-state index is 4.40. The topological polar surface area (TPSA) is 110 Å². The molecule has 20 heavy (non-hydrogen) atoms. The molecule has 0 aromatic carbocycles. The zero-order valence-electron chi connectivity index (χ0n) is 10.7. The van der Waals surface area contributed by atoms with Crippen molar-refractivity contribution < 1.29 is 0 Å². The molecule has 1 aliphatic carbocycles. The predicted molar refractivity (Wildman–Crippen MR) is 70.1 cm³/mol. The van der Waals surface area contributed by atoms with Crippen molar-refractivity contribution in [3.05, 3.63) is 12.7 Å². The van der Waals surface area contributed by atoms with E-state index >= 15 is 0 Å². The monoisotopic (exact) mass is 271 g/mol. The minimum Gasteiger partial charge on any atom is -0.315 e. The van der Waals surface area contributed by atoms with Crippen LogP contribution in [-0.4, -0.2) is 40.1 Å². The second-order valence-corrected chi connectivity index (χ2v) is 4.95. The Labute approximate surface area is 113 Å². The molecule has 0 spiro atoms. The van der Waals surface area contributed by atoms with Crippen LogP contribution in [0.1, 0.15) is 19.3 Å². The van der Waals surface area contributed by atoms with Gasteiger partial charge in [-0.05, 0) is 24.0 Å². The Morgan fingerprint density at radius 3 is 3.00 bits per heavy atom. The highest BCUT2D eigenvalue weighted by molar-refractivity contribution is 5.84. The van der Waals surface area contributed by atoms with Gasteiger partial charge in [0.1, 0.15) is 6.33 Å². The second kappa shape index (κ2) is 4.51. The van der Waals surface area contributed by atoms with Crippen LogP contribution in [0.4, 0.5) is 11.8 Å². The van der Waals surface area contributed by atoms with E-state index in [9.17, 15) is 0 Å². The van der Waals surface area contributed by atoms with Crippen molar-refractivity contribution in [1.82, 2.24) is 40.1 Å². The third kappa shape index (κ3) is 1.87. The van der Waals surface area contributed by atoms with Crippen LogP contribution < -0.4 is 5.32 Å². The van der Waals surface area contributed by atoms with Crippen molar-refractivity contribution in [1.29, 1.82) is 0 Å². The number of aromatic amines is 1. The van der Waals surface area contributed by atoms with Gasteiger partial charge in [-0.25, -0.2) is 15.0 Å². The van der Waals surface area contributed by atoms with Gasteiger partial charge in [-0.1, -0.05) is 11.5 Å². The smallest absolute Gasteiger partial charge is 0.268 e. The molecule has 1 fully saturated rings. The largest absolute Gasteiger partial charge is 0.315 e. The van der Waals surface area contributed by atoms with E-state index in [1.807, 2.05) is 6.33 Å². The molecule has 0 saturated heterocycles. The molecular formula is C11H13N9. The highest BCUT2D eigenvalue weighted by Crippen LogP contribution is 2.29. The number of H-pyrrole nitrogens is 1. The number of rotatable bonds is 4. The average molecular weight is 271 g/mol. The number of tetrazole rings is 1. The Bertz CT molecular complexity index is 713. The summed E-state index contributed by atoms with van der Waals surface area (Å²) in [5.74, 6) is 1.69. The molecule has 1 saturated carbocycles. The number of anilines is 2. The third-order valence-corrected chi connectivity index (χ3v) is 3.66. The van der Waals surface area contributed by atoms with Crippen molar-refractivity contribution in [2.24, 2.45) is 5.92 Å². The predicted octanol–water partition coefficient (Wildman–Crippen LogP) is 0.883. The molecule has 2 N–H and O–H groups in total. The third-order valence-electron chi connectivity index (χ3n) is 3.66. The van der Waals surface area contributed by atoms with Gasteiger partial charge in [0.05, 0.1) is 6.33 Å². The van der Waals surface area contributed by atoms with E-state index in [0.717, 1.165) is 23.6 Å². The Balaban J connectivity index is 1.68. The van der Waals surface area contributed by atoms with Crippen LogP contribution in [0.15, 0.2) is 12.7 Å². The zero-order valence-corrected chi connectivity index (χ0v) is 10.7. The van der Waals surface area contributed by atoms with Gasteiger partial charge in [0.2, 0.25) is 0 Å². The summed E-state index contributed by atoms with van der Waals surface area (Å²) in [4.78, 5) is 12.9. The van der Waals surface area contributed by atoms with Crippen molar-refractivity contribution in [3.8, 4) is 0 Å². The second-order valence-electron chi connectivity index (χ2n) is 4.95. The first-order valence-corrected chi connectivity index (χ1v) is 6.56. The lowest BCUT2D eigenvalue weighted by Gasteiger charge is -2.25. The maximum atomic E-state index is 4.40. The maximum Gasteiger partial charge on any atom is 0.268 e. The molecule has 0 atom stereocenters. The van der Waals surface area contributed by atoms with E-state index < -0.39 is 0 Å². The lowest BCUT2D eigenvalue weighted by molar-refractivity contribution is 0.279. The van der Waals surface area contributed by atoms with E-state index in [-0.39, 0.29) is 0 Å². The van der Waals surface area contributed by atoms with Crippen molar-refractivity contribution in [3.63, 3.8) is 0 Å². The van der Waals surface area contributed by atoms with Crippen LogP contribution in [0.3, 0.4) is 0 Å². The summed E-state index contributed by atoms with van der Waals surface area (Å²) in [7, 11) is 0. The van der Waals surface area contributed by atoms with Crippen molar-refractivity contribution >= 4 is 22.9 Å². The first-order valence-electron chi connectivity index (χ1n) is 6.56. The number of imidazole rings is 1. The molecule has 3 heterocycles. The van der Waals surface area contributed by atoms with Gasteiger partial charge in [0.25, 0.3) is 5.95 Å². The number of nitrogens with one attached hydrogen (secondary N) is 2. The lowest BCUT2D eigenvalue weighted by Crippen LogP contribution is -2.17. The van der Waals surface area contributed by atoms with Gasteiger partial charge in [-0.3, -0.25) is 0 Å². The standard InChI is InChI=1S/C11H13N9/c1-2-7(3-1)4-20-6-14-8-9(12-5-13-10(8)20)15-11-16-18-19-17-11/h5-7H,1-4H2,(H2,12,13,15,16,17,18,19). The fourth-order valence-electron chi connectivity index (χ4n) is 2.38. The fraction of sp³-hybridized carbons (Fsp3) is 0.455. The molecule has 3 aromatic heterocycles. The van der Waals surface area contributed by atoms with Crippen LogP contribution in [0, 0.1) is 5.92 Å². The van der Waals surface area contributed by atoms with Crippen molar-refractivity contribution in [2.45, 2.75) is 25.8 Å². The van der Waals surface area contributed by atoms with E-state index in [0.29, 0.717) is 11.8 Å². The molecule has 0 radical (unpaired) electrons. The SMILES string of the molecule is c1nc(Nc2nn[nH]n2)c2ncn(CC3CCC3)c2n1. The minimum absolute atomic E-state index is 0.360. The van der Waals surface area contributed by atoms with Gasteiger partial charge in [0.15, 0.2) is 17.0 Å². The first kappa shape index (κ1) is 11.3. The van der Waals surface area contributed by atoms with Crippen LogP contribution >= 0.6 is 0 Å². The quantitative estimate of drug-likeness (QED) is 0.724. The summed E-state index contributed by atoms with van der Waals surface area (Å²) in [6.45, 7) is 0.967. The number of nitrogens with zero attached hydrogens (tertiary/aromatic N) is 7. The van der Waals surface area contributed by atoms with Crippen LogP contribution in [0.2, 0.25) is 0 Å². The number of hydrogen-bond acceptors (Lipinski definition) is 7. The van der Waals surface area contributed by atoms with Crippen LogP contribution in [0.5, 0.6) is 0 Å². The Hall–Kier alpha value is -2.58. The Morgan fingerprint density at radius 2 is 2.25 bits per heavy atom. The molecule has 102 valence electrons. The molecule has 4 rings (SSSR count). The molecule has 0 bridgehead atoms. The number of aromatic nitrogens is 8. The Morgan fingerprint density at radius 1 is 1.30 bits per heavy atom. The first-order chi connectivity index (χ1) is 9.90. The summed E-state index contributed by atoms with van der Waals surface area (Å²) in [5, 5.41) is 16.5. The van der Waals surface area contributed by atoms with Gasteiger partial charge in [-0.15, -0.1) is 5.10 Å². The highest BCUT2D eigenvalue weighted by Gasteiger charge is 2.20. The van der Waals surface area contributed by atoms with E-state index in [4.69, 9.17) is 0 Å². The molecule has 0 aliphatic heterocycles. The van der Waals surface area contributed by atoms with Gasteiger partial charge in [-0.2, -0.15) is 5.21 Å². The van der Waals surface area contributed by atoms with Crippen molar-refractivity contribution in [2.75, 3.05) is 5.32 Å². The minimum atomic E-state index is 0.360. The average Bonchev–Trinajstić information content (AvgIpc) is 3.04. The summed E-state index contributed by atoms with van der Waals surface area (Å²) in [5.41, 5.74) is 1.55. The van der Waals surface area contributed by atoms with Crippen LogP contribution in [-0.2, 0) is 6.54 Å². The molecule has 9 heteroatoms. The fourth-order valence-corrected chi connectivity index (χ4v) is 2.38. The molecular weight excluding hydrogens is 258 g/mol. The molecule has 9 nitrogen and oxygen atoms in total. The summed E-state index contributed by atoms with van der Waals surface area (Å²) in [6, 6.07) is 0. The zero-order chi connectivity index (χ0) is 13.4. The highest BCUT2D eigenvalue weighted by atomic mass is 15.5. The van der Waals surface area contributed by atoms with Gasteiger partial charge >= 0.3 is 0 Å².